The van der Waals surface area contributed by atoms with E-state index >= 15 is 0 Å². The van der Waals surface area contributed by atoms with E-state index < -0.39 is 11.2 Å². The summed E-state index contributed by atoms with van der Waals surface area (Å²) in [6.07, 6.45) is 6.00. The number of hydrogen-bond donors (Lipinski definition) is 3. The van der Waals surface area contributed by atoms with Crippen LogP contribution in [0.15, 0.2) is 39.9 Å². The minimum absolute atomic E-state index is 0.0104. The highest BCUT2D eigenvalue weighted by atomic mass is 16.2. The van der Waals surface area contributed by atoms with Crippen LogP contribution in [0.5, 0.6) is 0 Å². The van der Waals surface area contributed by atoms with Crippen molar-refractivity contribution >= 4 is 17.4 Å². The first-order chi connectivity index (χ1) is 14.0. The second kappa shape index (κ2) is 9.45. The third-order valence-electron chi connectivity index (χ3n) is 5.47. The van der Waals surface area contributed by atoms with Crippen molar-refractivity contribution in [2.24, 2.45) is 5.92 Å². The molecule has 0 spiro atoms. The second-order valence-electron chi connectivity index (χ2n) is 7.73. The van der Waals surface area contributed by atoms with Gasteiger partial charge in [0.2, 0.25) is 5.91 Å². The molecule has 0 radical (unpaired) electrons. The van der Waals surface area contributed by atoms with Crippen LogP contribution in [0.3, 0.4) is 0 Å². The lowest BCUT2D eigenvalue weighted by Crippen LogP contribution is -2.42. The molecule has 1 aliphatic carbocycles. The lowest BCUT2D eigenvalue weighted by atomic mass is 9.89. The Balaban J connectivity index is 1.71. The van der Waals surface area contributed by atoms with Crippen molar-refractivity contribution in [2.75, 3.05) is 30.8 Å². The van der Waals surface area contributed by atoms with Gasteiger partial charge in [0.15, 0.2) is 0 Å². The van der Waals surface area contributed by atoms with Crippen LogP contribution in [0.25, 0.3) is 0 Å². The maximum atomic E-state index is 12.4. The van der Waals surface area contributed by atoms with Gasteiger partial charge in [-0.1, -0.05) is 49.6 Å². The summed E-state index contributed by atoms with van der Waals surface area (Å²) in [6.45, 7) is 0.882. The van der Waals surface area contributed by atoms with Crippen LogP contribution in [0, 0.1) is 5.92 Å². The number of nitrogens with one attached hydrogen (secondary N) is 2. The molecule has 8 nitrogen and oxygen atoms in total. The number of benzene rings is 1. The number of anilines is 2. The van der Waals surface area contributed by atoms with Crippen LogP contribution in [0.1, 0.15) is 37.7 Å². The molecule has 0 saturated heterocycles. The fourth-order valence-corrected chi connectivity index (χ4v) is 3.87. The van der Waals surface area contributed by atoms with Gasteiger partial charge in [-0.15, -0.1) is 0 Å². The fourth-order valence-electron chi connectivity index (χ4n) is 3.87. The lowest BCUT2D eigenvalue weighted by Gasteiger charge is -2.24. The molecule has 0 bridgehead atoms. The number of aromatic amines is 1. The molecule has 1 amide bonds. The number of carbonyl (C=O) groups excluding carboxylic acids is 1. The third kappa shape index (κ3) is 5.28. The van der Waals surface area contributed by atoms with E-state index in [2.05, 4.69) is 10.3 Å². The van der Waals surface area contributed by atoms with Crippen LogP contribution in [-0.4, -0.2) is 35.6 Å². The van der Waals surface area contributed by atoms with E-state index in [9.17, 15) is 14.4 Å². The van der Waals surface area contributed by atoms with Crippen molar-refractivity contribution in [1.29, 1.82) is 0 Å². The molecule has 1 aromatic heterocycles. The van der Waals surface area contributed by atoms with Crippen molar-refractivity contribution < 1.29 is 4.79 Å². The molecule has 4 N–H and O–H groups in total. The number of aromatic nitrogens is 2. The zero-order chi connectivity index (χ0) is 20.8. The van der Waals surface area contributed by atoms with E-state index in [0.717, 1.165) is 18.4 Å². The Morgan fingerprint density at radius 3 is 2.59 bits per heavy atom. The molecule has 3 rings (SSSR count). The van der Waals surface area contributed by atoms with Crippen LogP contribution in [0.2, 0.25) is 0 Å². The van der Waals surface area contributed by atoms with Crippen molar-refractivity contribution in [3.05, 3.63) is 56.7 Å². The summed E-state index contributed by atoms with van der Waals surface area (Å²) in [4.78, 5) is 40.8. The van der Waals surface area contributed by atoms with E-state index in [1.165, 1.54) is 28.7 Å². The summed E-state index contributed by atoms with van der Waals surface area (Å²) in [5.74, 6) is 0.405. The Labute approximate surface area is 169 Å². The van der Waals surface area contributed by atoms with Gasteiger partial charge in [0, 0.05) is 13.6 Å². The molecule has 1 saturated carbocycles. The molecule has 0 aliphatic heterocycles. The number of nitrogens with zero attached hydrogens (tertiary/aromatic N) is 2. The average Bonchev–Trinajstić information content (AvgIpc) is 2.71. The predicted octanol–water partition coefficient (Wildman–Crippen LogP) is 1.30. The van der Waals surface area contributed by atoms with Gasteiger partial charge in [-0.2, -0.15) is 0 Å². The zero-order valence-electron chi connectivity index (χ0n) is 16.8. The van der Waals surface area contributed by atoms with E-state index in [1.807, 2.05) is 30.3 Å². The molecular formula is C21H29N5O3. The zero-order valence-corrected chi connectivity index (χ0v) is 16.8. The van der Waals surface area contributed by atoms with Gasteiger partial charge in [-0.25, -0.2) is 4.79 Å². The topological polar surface area (TPSA) is 113 Å². The number of nitrogens with two attached hydrogens (primary N) is 1. The molecule has 29 heavy (non-hydrogen) atoms. The van der Waals surface area contributed by atoms with E-state index in [-0.39, 0.29) is 30.5 Å². The molecular weight excluding hydrogens is 370 g/mol. The van der Waals surface area contributed by atoms with Gasteiger partial charge in [0.05, 0.1) is 13.1 Å². The summed E-state index contributed by atoms with van der Waals surface area (Å²) in [5.41, 5.74) is 6.00. The summed E-state index contributed by atoms with van der Waals surface area (Å²) in [6, 6.07) is 9.36. The molecule has 1 fully saturated rings. The van der Waals surface area contributed by atoms with Gasteiger partial charge in [0.25, 0.3) is 5.56 Å². The van der Waals surface area contributed by atoms with Gasteiger partial charge in [-0.3, -0.25) is 19.1 Å². The Bertz CT molecular complexity index is 945. The van der Waals surface area contributed by atoms with Gasteiger partial charge < -0.3 is 16.0 Å². The van der Waals surface area contributed by atoms with E-state index in [0.29, 0.717) is 12.5 Å². The summed E-state index contributed by atoms with van der Waals surface area (Å²) < 4.78 is 1.31. The summed E-state index contributed by atoms with van der Waals surface area (Å²) >= 11 is 0. The van der Waals surface area contributed by atoms with Crippen LogP contribution >= 0.6 is 0 Å². The molecule has 1 aromatic carbocycles. The number of hydrogen-bond acceptors (Lipinski definition) is 5. The quantitative estimate of drug-likeness (QED) is 0.649. The Hall–Kier alpha value is -3.03. The predicted molar refractivity (Wildman–Crippen MR) is 114 cm³/mol. The maximum absolute atomic E-state index is 12.4. The van der Waals surface area contributed by atoms with Crippen molar-refractivity contribution in [2.45, 2.75) is 38.6 Å². The van der Waals surface area contributed by atoms with E-state index in [4.69, 9.17) is 5.73 Å². The Kier molecular flexibility index (Phi) is 6.74. The van der Waals surface area contributed by atoms with Crippen molar-refractivity contribution in [1.82, 2.24) is 14.9 Å². The first-order valence-corrected chi connectivity index (χ1v) is 10.1. The molecule has 156 valence electrons. The van der Waals surface area contributed by atoms with Crippen LogP contribution < -0.4 is 27.2 Å². The minimum atomic E-state index is -0.598. The molecule has 2 aromatic rings. The van der Waals surface area contributed by atoms with Crippen molar-refractivity contribution in [3.8, 4) is 0 Å². The fraction of sp³-hybridized carbons (Fsp3) is 0.476. The van der Waals surface area contributed by atoms with Crippen LogP contribution in [-0.2, 0) is 11.3 Å². The average molecular weight is 399 g/mol. The Morgan fingerprint density at radius 1 is 1.21 bits per heavy atom. The molecule has 0 unspecified atom stereocenters. The highest BCUT2D eigenvalue weighted by Crippen LogP contribution is 2.22. The summed E-state index contributed by atoms with van der Waals surface area (Å²) in [5, 5.41) is 2.96. The second-order valence-corrected chi connectivity index (χ2v) is 7.73. The molecule has 1 heterocycles. The highest BCUT2D eigenvalue weighted by molar-refractivity contribution is 5.82. The number of H-pyrrole nitrogens is 1. The number of nitrogen functional groups attached to an aromatic ring is 1. The first-order valence-electron chi connectivity index (χ1n) is 10.1. The monoisotopic (exact) mass is 399 g/mol. The number of rotatable bonds is 7. The lowest BCUT2D eigenvalue weighted by molar-refractivity contribution is -0.119. The minimum Gasteiger partial charge on any atom is -0.383 e. The van der Waals surface area contributed by atoms with Crippen molar-refractivity contribution in [3.63, 3.8) is 0 Å². The van der Waals surface area contributed by atoms with Gasteiger partial charge >= 0.3 is 5.69 Å². The first kappa shape index (κ1) is 20.7. The standard InChI is InChI=1S/C21H29N5O3/c1-25(14-17(27)23-12-15-8-4-2-5-9-15)18-19(22)26(21(29)24-20(18)28)13-16-10-6-3-7-11-16/h3,6-7,10-11,15H,2,4-5,8-9,12-14,22H2,1H3,(H,23,27)(H,24,28,29). The highest BCUT2D eigenvalue weighted by Gasteiger charge is 2.19. The van der Waals surface area contributed by atoms with Gasteiger partial charge in [-0.05, 0) is 24.3 Å². The van der Waals surface area contributed by atoms with Gasteiger partial charge in [0.1, 0.15) is 11.5 Å². The number of carbonyl (C=O) groups is 1. The summed E-state index contributed by atoms with van der Waals surface area (Å²) in [7, 11) is 1.62. The normalized spacial score (nSPS) is 14.5. The van der Waals surface area contributed by atoms with E-state index in [1.54, 1.807) is 7.05 Å². The number of likely N-dealkylation sites (N-methyl/N-ethyl adjacent to an activating group) is 1. The maximum Gasteiger partial charge on any atom is 0.330 e. The SMILES string of the molecule is CN(CC(=O)NCC1CCCCC1)c1c(N)n(Cc2ccccc2)c(=O)[nH]c1=O. The third-order valence-corrected chi connectivity index (χ3v) is 5.47. The molecule has 0 atom stereocenters. The smallest absolute Gasteiger partial charge is 0.330 e. The molecule has 8 heteroatoms. The largest absolute Gasteiger partial charge is 0.383 e. The van der Waals surface area contributed by atoms with Crippen LogP contribution in [0.4, 0.5) is 11.5 Å². The Morgan fingerprint density at radius 2 is 1.90 bits per heavy atom. The number of amides is 1. The molecule has 1 aliphatic rings.